The van der Waals surface area contributed by atoms with E-state index in [1.165, 1.54) is 6.33 Å². The molecule has 0 atom stereocenters. The number of nitrogen functional groups attached to an aromatic ring is 1. The molecule has 1 aromatic heterocycles. The summed E-state index contributed by atoms with van der Waals surface area (Å²) in [5, 5.41) is 3.21. The lowest BCUT2D eigenvalue weighted by Gasteiger charge is -2.11. The van der Waals surface area contributed by atoms with Gasteiger partial charge in [0.25, 0.3) is 0 Å². The number of nitrogens with two attached hydrogens (primary N) is 1. The Kier molecular flexibility index (Phi) is 7.65. The van der Waals surface area contributed by atoms with Crippen molar-refractivity contribution in [1.29, 1.82) is 0 Å². The van der Waals surface area contributed by atoms with Crippen LogP contribution in [0.3, 0.4) is 0 Å². The third-order valence-electron chi connectivity index (χ3n) is 2.61. The molecule has 0 unspecified atom stereocenters. The second-order valence-corrected chi connectivity index (χ2v) is 4.27. The second kappa shape index (κ2) is 9.38. The van der Waals surface area contributed by atoms with E-state index in [4.69, 9.17) is 15.2 Å². The smallest absolute Gasteiger partial charge is 0.242 e. The standard InChI is InChI=1S/C13H24N4O2/c1-3-8-19-13-11(14)12(16-10-17-13)15-7-5-4-6-9-18-2/h10H,3-9,14H2,1-2H3,(H,15,16,17). The van der Waals surface area contributed by atoms with Gasteiger partial charge in [0.05, 0.1) is 6.61 Å². The molecule has 1 heterocycles. The van der Waals surface area contributed by atoms with Gasteiger partial charge in [-0.2, -0.15) is 4.98 Å². The zero-order chi connectivity index (χ0) is 13.9. The van der Waals surface area contributed by atoms with Crippen LogP contribution in [0.2, 0.25) is 0 Å². The van der Waals surface area contributed by atoms with Crippen molar-refractivity contribution in [3.8, 4) is 5.88 Å². The van der Waals surface area contributed by atoms with Crippen LogP contribution in [0.15, 0.2) is 6.33 Å². The van der Waals surface area contributed by atoms with Crippen molar-refractivity contribution in [3.63, 3.8) is 0 Å². The maximum absolute atomic E-state index is 5.95. The first-order valence-electron chi connectivity index (χ1n) is 6.75. The van der Waals surface area contributed by atoms with Crippen LogP contribution in [0.4, 0.5) is 11.5 Å². The molecule has 1 aromatic rings. The predicted molar refractivity (Wildman–Crippen MR) is 76.4 cm³/mol. The molecule has 0 bridgehead atoms. The molecule has 6 nitrogen and oxygen atoms in total. The van der Waals surface area contributed by atoms with E-state index in [1.807, 2.05) is 6.92 Å². The van der Waals surface area contributed by atoms with Gasteiger partial charge in [-0.3, -0.25) is 0 Å². The Balaban J connectivity index is 2.36. The molecule has 0 saturated carbocycles. The summed E-state index contributed by atoms with van der Waals surface area (Å²) < 4.78 is 10.5. The lowest BCUT2D eigenvalue weighted by molar-refractivity contribution is 0.192. The number of nitrogens with zero attached hydrogens (tertiary/aromatic N) is 2. The van der Waals surface area contributed by atoms with E-state index in [1.54, 1.807) is 7.11 Å². The number of ether oxygens (including phenoxy) is 2. The number of hydrogen-bond acceptors (Lipinski definition) is 6. The average molecular weight is 268 g/mol. The van der Waals surface area contributed by atoms with E-state index in [9.17, 15) is 0 Å². The molecule has 3 N–H and O–H groups in total. The fourth-order valence-electron chi connectivity index (χ4n) is 1.59. The molecule has 0 saturated heterocycles. The van der Waals surface area contributed by atoms with Gasteiger partial charge in [-0.25, -0.2) is 4.98 Å². The quantitative estimate of drug-likeness (QED) is 0.632. The van der Waals surface area contributed by atoms with Crippen LogP contribution in [-0.2, 0) is 4.74 Å². The molecule has 0 aliphatic carbocycles. The monoisotopic (exact) mass is 268 g/mol. The third kappa shape index (κ3) is 5.74. The van der Waals surface area contributed by atoms with Crippen LogP contribution < -0.4 is 15.8 Å². The molecular weight excluding hydrogens is 244 g/mol. The van der Waals surface area contributed by atoms with Gasteiger partial charge in [-0.1, -0.05) is 6.92 Å². The van der Waals surface area contributed by atoms with E-state index >= 15 is 0 Å². The van der Waals surface area contributed by atoms with E-state index in [2.05, 4.69) is 15.3 Å². The minimum Gasteiger partial charge on any atom is -0.476 e. The van der Waals surface area contributed by atoms with Crippen molar-refractivity contribution in [2.24, 2.45) is 0 Å². The van der Waals surface area contributed by atoms with Crippen LogP contribution >= 0.6 is 0 Å². The second-order valence-electron chi connectivity index (χ2n) is 4.27. The lowest BCUT2D eigenvalue weighted by Crippen LogP contribution is -2.09. The zero-order valence-electron chi connectivity index (χ0n) is 11.8. The SMILES string of the molecule is CCCOc1ncnc(NCCCCCOC)c1N. The first-order chi connectivity index (χ1) is 9.29. The molecular formula is C13H24N4O2. The largest absolute Gasteiger partial charge is 0.476 e. The average Bonchev–Trinajstić information content (AvgIpc) is 2.43. The molecule has 1 rings (SSSR count). The molecule has 0 fully saturated rings. The first kappa shape index (κ1) is 15.5. The van der Waals surface area contributed by atoms with Gasteiger partial charge >= 0.3 is 0 Å². The van der Waals surface area contributed by atoms with E-state index in [-0.39, 0.29) is 0 Å². The Morgan fingerprint density at radius 1 is 1.21 bits per heavy atom. The maximum atomic E-state index is 5.95. The van der Waals surface area contributed by atoms with Crippen molar-refractivity contribution in [1.82, 2.24) is 9.97 Å². The Hall–Kier alpha value is -1.56. The van der Waals surface area contributed by atoms with Gasteiger partial charge in [0.1, 0.15) is 12.0 Å². The molecule has 108 valence electrons. The summed E-state index contributed by atoms with van der Waals surface area (Å²) in [5.74, 6) is 1.10. The fraction of sp³-hybridized carbons (Fsp3) is 0.692. The summed E-state index contributed by atoms with van der Waals surface area (Å²) in [7, 11) is 1.72. The summed E-state index contributed by atoms with van der Waals surface area (Å²) in [5.41, 5.74) is 6.43. The van der Waals surface area contributed by atoms with Crippen molar-refractivity contribution in [3.05, 3.63) is 6.33 Å². The molecule has 0 aliphatic rings. The fourth-order valence-corrected chi connectivity index (χ4v) is 1.59. The molecule has 6 heteroatoms. The van der Waals surface area contributed by atoms with Gasteiger partial charge in [0.2, 0.25) is 5.88 Å². The van der Waals surface area contributed by atoms with E-state index in [0.29, 0.717) is 24.0 Å². The Morgan fingerprint density at radius 2 is 2.05 bits per heavy atom. The predicted octanol–water partition coefficient (Wildman–Crippen LogP) is 2.08. The molecule has 0 aromatic carbocycles. The number of methoxy groups -OCH3 is 1. The number of anilines is 2. The van der Waals surface area contributed by atoms with Crippen LogP contribution in [0.5, 0.6) is 5.88 Å². The number of nitrogens with one attached hydrogen (secondary N) is 1. The van der Waals surface area contributed by atoms with Gasteiger partial charge in [-0.15, -0.1) is 0 Å². The summed E-state index contributed by atoms with van der Waals surface area (Å²) in [6, 6.07) is 0. The first-order valence-corrected chi connectivity index (χ1v) is 6.75. The number of hydrogen-bond donors (Lipinski definition) is 2. The summed E-state index contributed by atoms with van der Waals surface area (Å²) >= 11 is 0. The summed E-state index contributed by atoms with van der Waals surface area (Å²) in [6.45, 7) is 4.29. The molecule has 0 aliphatic heterocycles. The third-order valence-corrected chi connectivity index (χ3v) is 2.61. The van der Waals surface area contributed by atoms with Gasteiger partial charge in [0.15, 0.2) is 5.82 Å². The van der Waals surface area contributed by atoms with Gasteiger partial charge in [-0.05, 0) is 25.7 Å². The van der Waals surface area contributed by atoms with Crippen LogP contribution in [0.1, 0.15) is 32.6 Å². The molecule has 0 amide bonds. The van der Waals surface area contributed by atoms with Crippen LogP contribution in [0.25, 0.3) is 0 Å². The highest BCUT2D eigenvalue weighted by Gasteiger charge is 2.08. The minimum absolute atomic E-state index is 0.457. The highest BCUT2D eigenvalue weighted by Crippen LogP contribution is 2.24. The van der Waals surface area contributed by atoms with E-state index in [0.717, 1.165) is 38.8 Å². The minimum atomic E-state index is 0.457. The highest BCUT2D eigenvalue weighted by atomic mass is 16.5. The molecule has 0 spiro atoms. The molecule has 19 heavy (non-hydrogen) atoms. The highest BCUT2D eigenvalue weighted by molar-refractivity contribution is 5.66. The normalized spacial score (nSPS) is 10.4. The van der Waals surface area contributed by atoms with Crippen molar-refractivity contribution in [2.75, 3.05) is 37.9 Å². The van der Waals surface area contributed by atoms with E-state index < -0.39 is 0 Å². The lowest BCUT2D eigenvalue weighted by atomic mass is 10.2. The zero-order valence-corrected chi connectivity index (χ0v) is 11.8. The van der Waals surface area contributed by atoms with Crippen LogP contribution in [-0.4, -0.2) is 36.8 Å². The van der Waals surface area contributed by atoms with Crippen molar-refractivity contribution >= 4 is 11.5 Å². The summed E-state index contributed by atoms with van der Waals surface area (Å²) in [4.78, 5) is 8.16. The van der Waals surface area contributed by atoms with Gasteiger partial charge in [0, 0.05) is 20.3 Å². The van der Waals surface area contributed by atoms with Gasteiger partial charge < -0.3 is 20.5 Å². The number of rotatable bonds is 10. The summed E-state index contributed by atoms with van der Waals surface area (Å²) in [6.07, 6.45) is 5.63. The Labute approximate surface area is 114 Å². The van der Waals surface area contributed by atoms with Crippen molar-refractivity contribution in [2.45, 2.75) is 32.6 Å². The van der Waals surface area contributed by atoms with Crippen molar-refractivity contribution < 1.29 is 9.47 Å². The molecule has 0 radical (unpaired) electrons. The Bertz CT molecular complexity index is 360. The van der Waals surface area contributed by atoms with Crippen LogP contribution in [0, 0.1) is 0 Å². The Morgan fingerprint density at radius 3 is 2.79 bits per heavy atom. The number of unbranched alkanes of at least 4 members (excludes halogenated alkanes) is 2. The maximum Gasteiger partial charge on any atom is 0.242 e. The topological polar surface area (TPSA) is 82.3 Å². The number of aromatic nitrogens is 2.